The van der Waals surface area contributed by atoms with Crippen molar-refractivity contribution in [2.45, 2.75) is 44.3 Å². The molecule has 1 fully saturated rings. The lowest BCUT2D eigenvalue weighted by Crippen LogP contribution is -2.30. The van der Waals surface area contributed by atoms with Gasteiger partial charge in [0.15, 0.2) is 0 Å². The summed E-state index contributed by atoms with van der Waals surface area (Å²) in [6.45, 7) is 3.05. The molecule has 0 spiro atoms. The average molecular weight is 351 g/mol. The fraction of sp³-hybridized carbons (Fsp3) is 0.529. The largest absolute Gasteiger partial charge is 0.386 e. The van der Waals surface area contributed by atoms with Gasteiger partial charge in [-0.15, -0.1) is 0 Å². The van der Waals surface area contributed by atoms with Gasteiger partial charge < -0.3 is 5.73 Å². The van der Waals surface area contributed by atoms with Gasteiger partial charge in [0.2, 0.25) is 0 Å². The molecule has 1 heterocycles. The molecule has 1 saturated carbocycles. The lowest BCUT2D eigenvalue weighted by molar-refractivity contribution is 0.299. The predicted molar refractivity (Wildman–Crippen MR) is 101 cm³/mol. The molecule has 6 heteroatoms. The molecule has 0 aromatic heterocycles. The molecule has 4 nitrogen and oxygen atoms in total. The molecule has 0 amide bonds. The molecule has 1 unspecified atom stereocenters. The fourth-order valence-corrected chi connectivity index (χ4v) is 4.32. The Morgan fingerprint density at radius 3 is 2.70 bits per heavy atom. The number of benzene rings is 1. The minimum atomic E-state index is 0.0364. The van der Waals surface area contributed by atoms with Crippen molar-refractivity contribution in [3.05, 3.63) is 29.3 Å². The zero-order chi connectivity index (χ0) is 16.2. The van der Waals surface area contributed by atoms with Crippen LogP contribution in [0.2, 0.25) is 5.02 Å². The molecule has 0 bridgehead atoms. The van der Waals surface area contributed by atoms with E-state index in [1.54, 1.807) is 11.9 Å². The third-order valence-electron chi connectivity index (χ3n) is 4.37. The summed E-state index contributed by atoms with van der Waals surface area (Å²) >= 11 is 7.59. The highest BCUT2D eigenvalue weighted by molar-refractivity contribution is 7.99. The number of amidine groups is 1. The molecule has 1 atom stereocenters. The SMILES string of the molecule is CC1=NN(CC2CCCCC2)SC1C(N)=Nc1ccc(Cl)cc1. The van der Waals surface area contributed by atoms with Crippen molar-refractivity contribution < 1.29 is 0 Å². The van der Waals surface area contributed by atoms with E-state index in [0.29, 0.717) is 10.9 Å². The van der Waals surface area contributed by atoms with Gasteiger partial charge in [0, 0.05) is 5.02 Å². The monoisotopic (exact) mass is 350 g/mol. The lowest BCUT2D eigenvalue weighted by Gasteiger charge is -2.25. The maximum Gasteiger partial charge on any atom is 0.123 e. The van der Waals surface area contributed by atoms with Crippen molar-refractivity contribution in [3.8, 4) is 0 Å². The topological polar surface area (TPSA) is 54.0 Å². The molecule has 0 radical (unpaired) electrons. The first kappa shape index (κ1) is 16.7. The van der Waals surface area contributed by atoms with Crippen molar-refractivity contribution in [3.63, 3.8) is 0 Å². The second-order valence-electron chi connectivity index (χ2n) is 6.28. The van der Waals surface area contributed by atoms with E-state index < -0.39 is 0 Å². The van der Waals surface area contributed by atoms with Crippen LogP contribution in [0.3, 0.4) is 0 Å². The maximum absolute atomic E-state index is 6.22. The molecule has 0 saturated heterocycles. The summed E-state index contributed by atoms with van der Waals surface area (Å²) in [4.78, 5) is 4.52. The predicted octanol–water partition coefficient (Wildman–Crippen LogP) is 4.62. The van der Waals surface area contributed by atoms with Gasteiger partial charge in [-0.25, -0.2) is 9.41 Å². The maximum atomic E-state index is 6.22. The van der Waals surface area contributed by atoms with Crippen LogP contribution in [0, 0.1) is 5.92 Å². The number of halogens is 1. The number of hydrazone groups is 1. The zero-order valence-corrected chi connectivity index (χ0v) is 15.0. The fourth-order valence-electron chi connectivity index (χ4n) is 3.12. The first-order valence-corrected chi connectivity index (χ1v) is 9.42. The normalized spacial score (nSPS) is 23.2. The molecular formula is C17H23ClN4S. The van der Waals surface area contributed by atoms with E-state index in [0.717, 1.165) is 23.9 Å². The minimum absolute atomic E-state index is 0.0364. The van der Waals surface area contributed by atoms with Crippen molar-refractivity contribution in [1.82, 2.24) is 4.41 Å². The average Bonchev–Trinajstić information content (AvgIpc) is 2.91. The van der Waals surface area contributed by atoms with E-state index in [2.05, 4.69) is 14.5 Å². The number of rotatable bonds is 4. The molecule has 1 aliphatic heterocycles. The second kappa shape index (κ2) is 7.58. The van der Waals surface area contributed by atoms with E-state index in [1.807, 2.05) is 31.2 Å². The van der Waals surface area contributed by atoms with Crippen LogP contribution < -0.4 is 5.73 Å². The van der Waals surface area contributed by atoms with Gasteiger partial charge in [0.1, 0.15) is 11.1 Å². The molecule has 124 valence electrons. The Morgan fingerprint density at radius 2 is 2.00 bits per heavy atom. The first-order chi connectivity index (χ1) is 11.1. The number of aliphatic imine (C=N–C) groups is 1. The Labute approximate surface area is 147 Å². The van der Waals surface area contributed by atoms with Crippen LogP contribution in [-0.4, -0.2) is 27.8 Å². The minimum Gasteiger partial charge on any atom is -0.386 e. The summed E-state index contributed by atoms with van der Waals surface area (Å²) in [5.74, 6) is 1.37. The van der Waals surface area contributed by atoms with Crippen LogP contribution in [0.1, 0.15) is 39.0 Å². The third kappa shape index (κ3) is 4.42. The highest BCUT2D eigenvalue weighted by atomic mass is 35.5. The standard InChI is InChI=1S/C17H23ClN4S/c1-12-16(17(19)20-15-9-7-14(18)8-10-15)23-22(21-12)11-13-5-3-2-4-6-13/h7-10,13,16H,2-6,11H2,1H3,(H2,19,20). The van der Waals surface area contributed by atoms with E-state index in [1.165, 1.54) is 32.1 Å². The Balaban J connectivity index is 1.62. The van der Waals surface area contributed by atoms with Crippen LogP contribution in [0.5, 0.6) is 0 Å². The summed E-state index contributed by atoms with van der Waals surface area (Å²) in [5.41, 5.74) is 8.08. The first-order valence-electron chi connectivity index (χ1n) is 8.21. The number of nitrogens with zero attached hydrogens (tertiary/aromatic N) is 3. The second-order valence-corrected chi connectivity index (χ2v) is 7.82. The van der Waals surface area contributed by atoms with Crippen molar-refractivity contribution in [2.75, 3.05) is 6.54 Å². The van der Waals surface area contributed by atoms with E-state index >= 15 is 0 Å². The van der Waals surface area contributed by atoms with Gasteiger partial charge >= 0.3 is 0 Å². The van der Waals surface area contributed by atoms with Crippen molar-refractivity contribution in [2.24, 2.45) is 21.7 Å². The van der Waals surface area contributed by atoms with Crippen molar-refractivity contribution in [1.29, 1.82) is 0 Å². The van der Waals surface area contributed by atoms with Gasteiger partial charge in [0.05, 0.1) is 17.9 Å². The van der Waals surface area contributed by atoms with Crippen LogP contribution >= 0.6 is 23.5 Å². The summed E-state index contributed by atoms with van der Waals surface area (Å²) in [6, 6.07) is 7.40. The van der Waals surface area contributed by atoms with Gasteiger partial charge in [-0.3, -0.25) is 0 Å². The molecule has 2 N–H and O–H groups in total. The molecular weight excluding hydrogens is 328 g/mol. The van der Waals surface area contributed by atoms with Crippen LogP contribution in [0.15, 0.2) is 34.4 Å². The van der Waals surface area contributed by atoms with Crippen LogP contribution in [0.25, 0.3) is 0 Å². The number of hydrogen-bond donors (Lipinski definition) is 1. The van der Waals surface area contributed by atoms with E-state index in [9.17, 15) is 0 Å². The third-order valence-corrected chi connectivity index (χ3v) is 5.89. The summed E-state index contributed by atoms with van der Waals surface area (Å²) < 4.78 is 2.11. The lowest BCUT2D eigenvalue weighted by atomic mass is 9.89. The molecule has 23 heavy (non-hydrogen) atoms. The molecule has 1 aliphatic carbocycles. The van der Waals surface area contributed by atoms with Gasteiger partial charge in [-0.1, -0.05) is 30.9 Å². The Hall–Kier alpha value is -1.20. The van der Waals surface area contributed by atoms with Gasteiger partial charge in [-0.2, -0.15) is 5.10 Å². The Bertz CT molecular complexity index is 593. The Kier molecular flexibility index (Phi) is 5.49. The Morgan fingerprint density at radius 1 is 1.30 bits per heavy atom. The van der Waals surface area contributed by atoms with Gasteiger partial charge in [-0.05, 0) is 61.9 Å². The van der Waals surface area contributed by atoms with E-state index in [4.69, 9.17) is 17.3 Å². The van der Waals surface area contributed by atoms with Gasteiger partial charge in [0.25, 0.3) is 0 Å². The number of hydrogen-bond acceptors (Lipinski definition) is 4. The molecule has 1 aromatic rings. The summed E-state index contributed by atoms with van der Waals surface area (Å²) in [6.07, 6.45) is 6.75. The smallest absolute Gasteiger partial charge is 0.123 e. The summed E-state index contributed by atoms with van der Waals surface area (Å²) in [5, 5.41) is 5.41. The highest BCUT2D eigenvalue weighted by Crippen LogP contribution is 2.32. The zero-order valence-electron chi connectivity index (χ0n) is 13.4. The molecule has 2 aliphatic rings. The molecule has 1 aromatic carbocycles. The van der Waals surface area contributed by atoms with Crippen molar-refractivity contribution >= 4 is 40.8 Å². The molecule has 3 rings (SSSR count). The van der Waals surface area contributed by atoms with Crippen LogP contribution in [-0.2, 0) is 0 Å². The summed E-state index contributed by atoms with van der Waals surface area (Å²) in [7, 11) is 0. The van der Waals surface area contributed by atoms with E-state index in [-0.39, 0.29) is 5.25 Å². The quantitative estimate of drug-likeness (QED) is 0.489. The highest BCUT2D eigenvalue weighted by Gasteiger charge is 2.29. The number of nitrogens with two attached hydrogens (primary N) is 1. The van der Waals surface area contributed by atoms with Crippen LogP contribution in [0.4, 0.5) is 5.69 Å².